The molecule has 0 aliphatic heterocycles. The number of fused-ring (bicyclic) bond motifs is 1. The van der Waals surface area contributed by atoms with E-state index < -0.39 is 0 Å². The zero-order valence-electron chi connectivity index (χ0n) is 48.2. The SMILES string of the molecule is c1ccc(N(c2ccccc2)c2ccc(N(c3ccccc3)c3ccc(N(c4ccccc4)c4ccc(N(c5ccccc5)c5ccc(N(c6ccccc6)c6ccc(N(c7ccccc7)c7ccccc7)cc6)cc5)c5nccnc45)cc3)cc2)cc1. The lowest BCUT2D eigenvalue weighted by Gasteiger charge is -2.31. The summed E-state index contributed by atoms with van der Waals surface area (Å²) in [6.07, 6.45) is 3.58. The van der Waals surface area contributed by atoms with Gasteiger partial charge >= 0.3 is 0 Å². The molecular formula is C80H60N8. The Balaban J connectivity index is 0.813. The first-order valence-corrected chi connectivity index (χ1v) is 29.6. The summed E-state index contributed by atoms with van der Waals surface area (Å²) in [4.78, 5) is 24.1. The van der Waals surface area contributed by atoms with Gasteiger partial charge in [-0.05, 0) is 206 Å². The molecule has 1 heterocycles. The zero-order valence-corrected chi connectivity index (χ0v) is 48.2. The first-order chi connectivity index (χ1) is 43.7. The smallest absolute Gasteiger partial charge is 0.115 e. The molecule has 8 heteroatoms. The van der Waals surface area contributed by atoms with Crippen molar-refractivity contribution in [1.82, 2.24) is 9.97 Å². The Morgan fingerprint density at radius 2 is 0.273 bits per heavy atom. The molecule has 13 aromatic carbocycles. The van der Waals surface area contributed by atoms with Gasteiger partial charge in [-0.2, -0.15) is 0 Å². The first-order valence-electron chi connectivity index (χ1n) is 29.6. The molecule has 8 nitrogen and oxygen atoms in total. The van der Waals surface area contributed by atoms with E-state index in [0.29, 0.717) is 0 Å². The van der Waals surface area contributed by atoms with E-state index in [0.717, 1.165) is 113 Å². The van der Waals surface area contributed by atoms with Gasteiger partial charge < -0.3 is 29.4 Å². The van der Waals surface area contributed by atoms with E-state index in [1.165, 1.54) is 0 Å². The summed E-state index contributed by atoms with van der Waals surface area (Å²) in [5.74, 6) is 0. The van der Waals surface area contributed by atoms with E-state index in [9.17, 15) is 0 Å². The largest absolute Gasteiger partial charge is 0.311 e. The number of rotatable bonds is 18. The monoisotopic (exact) mass is 1130 g/mol. The average Bonchev–Trinajstić information content (AvgIpc) is 1.30. The Kier molecular flexibility index (Phi) is 15.4. The number of anilines is 18. The predicted octanol–water partition coefficient (Wildman–Crippen LogP) is 22.4. The maximum atomic E-state index is 5.17. The van der Waals surface area contributed by atoms with Crippen molar-refractivity contribution in [2.24, 2.45) is 0 Å². The summed E-state index contributed by atoms with van der Waals surface area (Å²) in [5.41, 5.74) is 19.9. The van der Waals surface area contributed by atoms with Gasteiger partial charge in [0.25, 0.3) is 0 Å². The van der Waals surface area contributed by atoms with Gasteiger partial charge in [-0.1, -0.05) is 146 Å². The van der Waals surface area contributed by atoms with Crippen LogP contribution in [0.25, 0.3) is 11.0 Å². The van der Waals surface area contributed by atoms with Gasteiger partial charge in [-0.25, -0.2) is 0 Å². The van der Waals surface area contributed by atoms with E-state index in [1.807, 2.05) is 0 Å². The van der Waals surface area contributed by atoms with Gasteiger partial charge in [0.2, 0.25) is 0 Å². The highest BCUT2D eigenvalue weighted by Crippen LogP contribution is 2.47. The second-order valence-electron chi connectivity index (χ2n) is 21.1. The quantitative estimate of drug-likeness (QED) is 0.0842. The molecule has 0 spiro atoms. The summed E-state index contributed by atoms with van der Waals surface area (Å²) < 4.78 is 0. The highest BCUT2D eigenvalue weighted by molar-refractivity contribution is 6.03. The van der Waals surface area contributed by atoms with E-state index in [4.69, 9.17) is 9.97 Å². The molecule has 1 aromatic heterocycles. The van der Waals surface area contributed by atoms with Crippen LogP contribution in [0.4, 0.5) is 102 Å². The van der Waals surface area contributed by atoms with E-state index in [1.54, 1.807) is 12.4 Å². The molecule has 0 fully saturated rings. The number of hydrogen-bond donors (Lipinski definition) is 0. The molecule has 0 saturated carbocycles. The topological polar surface area (TPSA) is 45.2 Å². The van der Waals surface area contributed by atoms with Gasteiger partial charge in [-0.15, -0.1) is 0 Å². The molecule has 0 saturated heterocycles. The summed E-state index contributed by atoms with van der Waals surface area (Å²) in [5, 5.41) is 0. The number of hydrogen-bond acceptors (Lipinski definition) is 8. The predicted molar refractivity (Wildman–Crippen MR) is 368 cm³/mol. The van der Waals surface area contributed by atoms with Crippen LogP contribution in [0.15, 0.2) is 364 Å². The van der Waals surface area contributed by atoms with Crippen molar-refractivity contribution in [1.29, 1.82) is 0 Å². The Hall–Kier alpha value is -12.0. The highest BCUT2D eigenvalue weighted by Gasteiger charge is 2.25. The van der Waals surface area contributed by atoms with Crippen LogP contribution in [-0.4, -0.2) is 9.97 Å². The van der Waals surface area contributed by atoms with E-state index >= 15 is 0 Å². The molecule has 0 radical (unpaired) electrons. The number of benzene rings is 13. The molecule has 0 bridgehead atoms. The van der Waals surface area contributed by atoms with Crippen LogP contribution in [0.1, 0.15) is 0 Å². The average molecular weight is 1130 g/mol. The summed E-state index contributed by atoms with van der Waals surface area (Å²) >= 11 is 0. The fraction of sp³-hybridized carbons (Fsp3) is 0. The maximum Gasteiger partial charge on any atom is 0.115 e. The van der Waals surface area contributed by atoms with Crippen molar-refractivity contribution in [3.63, 3.8) is 0 Å². The molecule has 0 aliphatic carbocycles. The molecule has 0 amide bonds. The first kappa shape index (κ1) is 54.0. The molecule has 14 rings (SSSR count). The molecule has 14 aromatic rings. The Bertz CT molecular complexity index is 4140. The van der Waals surface area contributed by atoms with Crippen LogP contribution in [0, 0.1) is 0 Å². The minimum atomic E-state index is 0.758. The van der Waals surface area contributed by atoms with Crippen molar-refractivity contribution in [2.45, 2.75) is 0 Å². The Labute approximate surface area is 514 Å². The molecule has 0 N–H and O–H groups in total. The Morgan fingerprint density at radius 1 is 0.136 bits per heavy atom. The minimum absolute atomic E-state index is 0.758. The second-order valence-corrected chi connectivity index (χ2v) is 21.1. The van der Waals surface area contributed by atoms with Crippen molar-refractivity contribution in [3.8, 4) is 0 Å². The minimum Gasteiger partial charge on any atom is -0.311 e. The van der Waals surface area contributed by atoms with Crippen LogP contribution in [0.2, 0.25) is 0 Å². The third-order valence-corrected chi connectivity index (χ3v) is 15.6. The summed E-state index contributed by atoms with van der Waals surface area (Å²) in [7, 11) is 0. The molecule has 88 heavy (non-hydrogen) atoms. The van der Waals surface area contributed by atoms with Crippen molar-refractivity contribution < 1.29 is 0 Å². The third-order valence-electron chi connectivity index (χ3n) is 15.6. The standard InChI is InChI=1S/C80H60N8/c1-9-25-61(26-10-1)83(62-27-11-2-12-28-62)69-41-45-71(46-42-69)85(65-33-17-5-18-34-65)73-49-53-75(54-50-73)87(67-37-21-7-22-38-67)77-57-58-78(80-79(77)81-59-60-82-80)88(68-39-23-8-24-40-68)76-55-51-74(52-56-76)86(66-35-19-6-20-36-66)72-47-43-70(44-48-72)84(63-29-13-3-14-30-63)64-31-15-4-16-32-64/h1-60H. The molecule has 0 aliphatic rings. The second kappa shape index (κ2) is 25.1. The van der Waals surface area contributed by atoms with Gasteiger partial charge in [0.05, 0.1) is 11.4 Å². The molecule has 420 valence electrons. The van der Waals surface area contributed by atoms with Crippen molar-refractivity contribution in [3.05, 3.63) is 364 Å². The zero-order chi connectivity index (χ0) is 58.9. The lowest BCUT2D eigenvalue weighted by molar-refractivity contribution is 1.22. The number of para-hydroxylation sites is 8. The van der Waals surface area contributed by atoms with Gasteiger partial charge in [0.1, 0.15) is 11.0 Å². The van der Waals surface area contributed by atoms with Crippen LogP contribution in [0.3, 0.4) is 0 Å². The van der Waals surface area contributed by atoms with Crippen molar-refractivity contribution in [2.75, 3.05) is 29.4 Å². The normalized spacial score (nSPS) is 11.0. The van der Waals surface area contributed by atoms with E-state index in [2.05, 4.69) is 381 Å². The fourth-order valence-corrected chi connectivity index (χ4v) is 11.7. The van der Waals surface area contributed by atoms with Crippen LogP contribution in [-0.2, 0) is 0 Å². The fourth-order valence-electron chi connectivity index (χ4n) is 11.7. The van der Waals surface area contributed by atoms with Gasteiger partial charge in [-0.3, -0.25) is 9.97 Å². The number of nitrogens with zero attached hydrogens (tertiary/aromatic N) is 8. The summed E-state index contributed by atoms with van der Waals surface area (Å²) in [6, 6.07) is 124. The van der Waals surface area contributed by atoms with Gasteiger partial charge in [0.15, 0.2) is 0 Å². The van der Waals surface area contributed by atoms with Crippen LogP contribution < -0.4 is 29.4 Å². The lowest BCUT2D eigenvalue weighted by Crippen LogP contribution is -2.15. The number of aromatic nitrogens is 2. The van der Waals surface area contributed by atoms with Crippen LogP contribution in [0.5, 0.6) is 0 Å². The van der Waals surface area contributed by atoms with Gasteiger partial charge in [0, 0.05) is 103 Å². The Morgan fingerprint density at radius 3 is 0.443 bits per heavy atom. The highest BCUT2D eigenvalue weighted by atomic mass is 15.2. The summed E-state index contributed by atoms with van der Waals surface area (Å²) in [6.45, 7) is 0. The maximum absolute atomic E-state index is 5.17. The molecule has 0 atom stereocenters. The van der Waals surface area contributed by atoms with Crippen LogP contribution >= 0.6 is 0 Å². The molecule has 0 unspecified atom stereocenters. The van der Waals surface area contributed by atoms with Crippen molar-refractivity contribution >= 4 is 113 Å². The third kappa shape index (κ3) is 11.2. The van der Waals surface area contributed by atoms with E-state index in [-0.39, 0.29) is 0 Å². The molecular weight excluding hydrogens is 1070 g/mol. The lowest BCUT2D eigenvalue weighted by atomic mass is 10.1.